The van der Waals surface area contributed by atoms with Crippen molar-refractivity contribution in [3.8, 4) is 45.3 Å². The van der Waals surface area contributed by atoms with Crippen molar-refractivity contribution in [2.45, 2.75) is 12.3 Å². The molecule has 1 N–H and O–H groups in total. The smallest absolute Gasteiger partial charge is 0.164 e. The lowest BCUT2D eigenvalue weighted by Crippen LogP contribution is -2.03. The van der Waals surface area contributed by atoms with E-state index >= 15 is 0 Å². The summed E-state index contributed by atoms with van der Waals surface area (Å²) in [5.41, 5.74) is 10.0. The lowest BCUT2D eigenvalue weighted by atomic mass is 9.83. The second kappa shape index (κ2) is 16.0. The maximum atomic E-state index is 11.9. The van der Waals surface area contributed by atoms with Crippen LogP contribution in [0.15, 0.2) is 218 Å². The maximum Gasteiger partial charge on any atom is 0.164 e. The Hall–Kier alpha value is -7.73. The molecule has 2 aromatic heterocycles. The molecule has 0 amide bonds. The Labute approximate surface area is 364 Å². The number of aliphatic hydroxyl groups is 1. The Kier molecular flexibility index (Phi) is 9.64. The van der Waals surface area contributed by atoms with Crippen molar-refractivity contribution >= 4 is 53.6 Å². The van der Waals surface area contributed by atoms with E-state index in [9.17, 15) is 5.11 Å². The van der Waals surface area contributed by atoms with Gasteiger partial charge < -0.3 is 5.11 Å². The van der Waals surface area contributed by atoms with E-state index in [4.69, 9.17) is 15.0 Å². The van der Waals surface area contributed by atoms with Crippen LogP contribution in [0.5, 0.6) is 0 Å². The van der Waals surface area contributed by atoms with Gasteiger partial charge in [0.25, 0.3) is 0 Å². The number of hydrogen-bond donors (Lipinski definition) is 1. The van der Waals surface area contributed by atoms with Crippen LogP contribution in [0.25, 0.3) is 87.6 Å². The minimum atomic E-state index is 0.0780. The van der Waals surface area contributed by atoms with Gasteiger partial charge in [0.15, 0.2) is 17.5 Å². The summed E-state index contributed by atoms with van der Waals surface area (Å²) in [5.74, 6) is 2.25. The zero-order valence-corrected chi connectivity index (χ0v) is 34.5. The fourth-order valence-electron chi connectivity index (χ4n) is 8.83. The highest BCUT2D eigenvalue weighted by atomic mass is 32.1. The van der Waals surface area contributed by atoms with Crippen LogP contribution >= 0.6 is 11.3 Å². The SMILES string of the molecule is O/C(=C(/C1=CC(c2cc(-c3ccc(-c4nc(-c5ccccc5)nc(-c5ccccc5)n4)c4ccccc34)c3c(c2)sc2ccccc23)CC=C1)c1ccccc1)c1ccccc1. The first-order valence-electron chi connectivity index (χ1n) is 20.9. The zero-order valence-electron chi connectivity index (χ0n) is 33.7. The highest BCUT2D eigenvalue weighted by molar-refractivity contribution is 7.26. The summed E-state index contributed by atoms with van der Waals surface area (Å²) in [7, 11) is 0. The molecule has 5 heteroatoms. The van der Waals surface area contributed by atoms with Gasteiger partial charge in [0.2, 0.25) is 0 Å². The highest BCUT2D eigenvalue weighted by Gasteiger charge is 2.23. The molecule has 0 saturated heterocycles. The number of benzene rings is 8. The third-order valence-corrected chi connectivity index (χ3v) is 12.9. The van der Waals surface area contributed by atoms with Crippen LogP contribution in [0.4, 0.5) is 0 Å². The van der Waals surface area contributed by atoms with E-state index in [-0.39, 0.29) is 11.7 Å². The summed E-state index contributed by atoms with van der Waals surface area (Å²) >= 11 is 1.84. The fraction of sp³-hybridized carbons (Fsp3) is 0.0351. The van der Waals surface area contributed by atoms with Crippen LogP contribution in [-0.2, 0) is 0 Å². The second-order valence-electron chi connectivity index (χ2n) is 15.6. The van der Waals surface area contributed by atoms with Gasteiger partial charge in [-0.05, 0) is 69.3 Å². The second-order valence-corrected chi connectivity index (χ2v) is 16.7. The zero-order chi connectivity index (χ0) is 41.4. The molecule has 0 bridgehead atoms. The molecular weight excluding hydrogens is 775 g/mol. The van der Waals surface area contributed by atoms with E-state index < -0.39 is 0 Å². The molecule has 2 heterocycles. The molecule has 0 fully saturated rings. The van der Waals surface area contributed by atoms with Crippen molar-refractivity contribution in [3.63, 3.8) is 0 Å². The van der Waals surface area contributed by atoms with Gasteiger partial charge in [0.1, 0.15) is 5.76 Å². The Morgan fingerprint density at radius 2 is 1.02 bits per heavy atom. The monoisotopic (exact) mass is 813 g/mol. The van der Waals surface area contributed by atoms with Crippen LogP contribution < -0.4 is 0 Å². The summed E-state index contributed by atoms with van der Waals surface area (Å²) in [6.07, 6.45) is 7.61. The Morgan fingerprint density at radius 3 is 1.68 bits per heavy atom. The first-order chi connectivity index (χ1) is 30.7. The van der Waals surface area contributed by atoms with Gasteiger partial charge >= 0.3 is 0 Å². The Bertz CT molecular complexity index is 3310. The number of aromatic nitrogens is 3. The lowest BCUT2D eigenvalue weighted by molar-refractivity contribution is 0.513. The van der Waals surface area contributed by atoms with Gasteiger partial charge in [-0.2, -0.15) is 0 Å². The van der Waals surface area contributed by atoms with Crippen LogP contribution in [0.3, 0.4) is 0 Å². The summed E-state index contributed by atoms with van der Waals surface area (Å²) in [5, 5.41) is 16.6. The highest BCUT2D eigenvalue weighted by Crippen LogP contribution is 2.46. The normalized spacial score (nSPS) is 14.3. The van der Waals surface area contributed by atoms with Crippen molar-refractivity contribution in [2.75, 3.05) is 0 Å². The van der Waals surface area contributed by atoms with Gasteiger partial charge in [-0.25, -0.2) is 15.0 Å². The first kappa shape index (κ1) is 37.3. The van der Waals surface area contributed by atoms with Crippen molar-refractivity contribution in [3.05, 3.63) is 235 Å². The molecule has 0 aliphatic heterocycles. The molecule has 1 atom stereocenters. The van der Waals surface area contributed by atoms with E-state index in [0.29, 0.717) is 17.5 Å². The van der Waals surface area contributed by atoms with Crippen molar-refractivity contribution in [1.29, 1.82) is 0 Å². The van der Waals surface area contributed by atoms with Crippen LogP contribution in [0.2, 0.25) is 0 Å². The van der Waals surface area contributed by atoms with Crippen molar-refractivity contribution in [2.24, 2.45) is 0 Å². The van der Waals surface area contributed by atoms with Crippen LogP contribution in [0.1, 0.15) is 29.0 Å². The molecule has 8 aromatic carbocycles. The summed E-state index contributed by atoms with van der Waals surface area (Å²) in [6, 6.07) is 66.9. The predicted molar refractivity (Wildman–Crippen MR) is 259 cm³/mol. The van der Waals surface area contributed by atoms with E-state index in [1.807, 2.05) is 121 Å². The largest absolute Gasteiger partial charge is 0.507 e. The summed E-state index contributed by atoms with van der Waals surface area (Å²) in [4.78, 5) is 15.2. The number of fused-ring (bicyclic) bond motifs is 4. The van der Waals surface area contributed by atoms with Gasteiger partial charge in [-0.15, -0.1) is 11.3 Å². The number of rotatable bonds is 8. The number of allylic oxidation sites excluding steroid dienone is 5. The number of aliphatic hydroxyl groups excluding tert-OH is 1. The van der Waals surface area contributed by atoms with Crippen LogP contribution in [0, 0.1) is 0 Å². The third kappa shape index (κ3) is 6.88. The average Bonchev–Trinajstić information content (AvgIpc) is 3.73. The topological polar surface area (TPSA) is 58.9 Å². The molecule has 1 aliphatic rings. The quantitative estimate of drug-likeness (QED) is 0.123. The average molecular weight is 814 g/mol. The van der Waals surface area contributed by atoms with Gasteiger partial charge in [-0.3, -0.25) is 0 Å². The van der Waals surface area contributed by atoms with Crippen molar-refractivity contribution < 1.29 is 5.11 Å². The van der Waals surface area contributed by atoms with E-state index in [2.05, 4.69) is 103 Å². The van der Waals surface area contributed by atoms with E-state index in [1.165, 1.54) is 31.3 Å². The molecule has 1 unspecified atom stereocenters. The van der Waals surface area contributed by atoms with Crippen LogP contribution in [-0.4, -0.2) is 20.1 Å². The molecule has 1 aliphatic carbocycles. The minimum absolute atomic E-state index is 0.0780. The fourth-order valence-corrected chi connectivity index (χ4v) is 10.0. The number of hydrogen-bond acceptors (Lipinski definition) is 5. The van der Waals surface area contributed by atoms with Gasteiger partial charge in [0, 0.05) is 53.9 Å². The third-order valence-electron chi connectivity index (χ3n) is 11.8. The Morgan fingerprint density at radius 1 is 0.484 bits per heavy atom. The molecule has 10 aromatic rings. The molecule has 62 heavy (non-hydrogen) atoms. The van der Waals surface area contributed by atoms with Crippen molar-refractivity contribution in [1.82, 2.24) is 15.0 Å². The standard InChI is InChI=1S/C57H39N3OS/c61-54(38-20-7-2-8-21-38)52(37-18-5-1-6-19-37)42-27-17-26-41(34-42)43-35-49(53-48-30-15-16-31-50(48)62-51(53)36-43)46-32-33-47(45-29-14-13-28-44(45)46)57-59-55(39-22-9-3-10-23-39)58-56(60-57)40-24-11-4-12-25-40/h1-25,27-36,41,61H,26H2/b54-52+. The van der Waals surface area contributed by atoms with E-state index in [1.54, 1.807) is 0 Å². The lowest BCUT2D eigenvalue weighted by Gasteiger charge is -2.22. The van der Waals surface area contributed by atoms with E-state index in [0.717, 1.165) is 61.7 Å². The van der Waals surface area contributed by atoms with Gasteiger partial charge in [-0.1, -0.05) is 188 Å². The summed E-state index contributed by atoms with van der Waals surface area (Å²) in [6.45, 7) is 0. The molecular formula is C57H39N3OS. The maximum absolute atomic E-state index is 11.9. The number of thiophene rings is 1. The molecule has 4 nitrogen and oxygen atoms in total. The Balaban J connectivity index is 1.09. The predicted octanol–water partition coefficient (Wildman–Crippen LogP) is 15.2. The summed E-state index contributed by atoms with van der Waals surface area (Å²) < 4.78 is 2.51. The molecule has 11 rings (SSSR count). The molecule has 0 spiro atoms. The molecule has 294 valence electrons. The molecule has 0 radical (unpaired) electrons. The first-order valence-corrected chi connectivity index (χ1v) is 21.8. The molecule has 0 saturated carbocycles. The minimum Gasteiger partial charge on any atom is -0.507 e. The van der Waals surface area contributed by atoms with Gasteiger partial charge in [0.05, 0.1) is 0 Å². The number of nitrogens with zero attached hydrogens (tertiary/aromatic N) is 3.